The zero-order valence-corrected chi connectivity index (χ0v) is 12.6. The van der Waals surface area contributed by atoms with Crippen LogP contribution in [0.3, 0.4) is 0 Å². The Kier molecular flexibility index (Phi) is 4.05. The van der Waals surface area contributed by atoms with Crippen molar-refractivity contribution in [3.05, 3.63) is 58.6 Å². The van der Waals surface area contributed by atoms with Gasteiger partial charge in [0, 0.05) is 22.4 Å². The second-order valence-electron chi connectivity index (χ2n) is 4.08. The van der Waals surface area contributed by atoms with Gasteiger partial charge in [-0.25, -0.2) is 15.0 Å². The van der Waals surface area contributed by atoms with E-state index in [4.69, 9.17) is 23.2 Å². The van der Waals surface area contributed by atoms with Crippen LogP contribution in [0, 0.1) is 0 Å². The molecule has 20 heavy (non-hydrogen) atoms. The standard InChI is InChI=1S/C14H9Cl2N3S/c15-11-5-13(16)17-6-9(11)7-20-14-10-3-1-2-4-12(10)18-8-19-14/h1-6,8H,7H2. The van der Waals surface area contributed by atoms with Gasteiger partial charge in [0.1, 0.15) is 16.5 Å². The molecule has 0 unspecified atom stereocenters. The summed E-state index contributed by atoms with van der Waals surface area (Å²) < 4.78 is 0. The van der Waals surface area contributed by atoms with Crippen molar-refractivity contribution < 1.29 is 0 Å². The number of pyridine rings is 1. The fraction of sp³-hybridized carbons (Fsp3) is 0.0714. The third-order valence-corrected chi connectivity index (χ3v) is 4.38. The lowest BCUT2D eigenvalue weighted by molar-refractivity contribution is 1.10. The van der Waals surface area contributed by atoms with Gasteiger partial charge in [0.15, 0.2) is 0 Å². The minimum absolute atomic E-state index is 0.399. The number of hydrogen-bond acceptors (Lipinski definition) is 4. The van der Waals surface area contributed by atoms with Gasteiger partial charge in [0.2, 0.25) is 0 Å². The van der Waals surface area contributed by atoms with E-state index in [1.165, 1.54) is 0 Å². The lowest BCUT2D eigenvalue weighted by atomic mass is 10.2. The van der Waals surface area contributed by atoms with E-state index in [1.54, 1.807) is 30.4 Å². The largest absolute Gasteiger partial charge is 0.244 e. The molecule has 2 heterocycles. The Bertz CT molecular complexity index is 759. The number of aromatic nitrogens is 3. The summed E-state index contributed by atoms with van der Waals surface area (Å²) in [5.41, 5.74) is 1.87. The lowest BCUT2D eigenvalue weighted by Crippen LogP contribution is -1.89. The van der Waals surface area contributed by atoms with E-state index in [-0.39, 0.29) is 0 Å². The van der Waals surface area contributed by atoms with Crippen molar-refractivity contribution in [1.29, 1.82) is 0 Å². The first-order valence-corrected chi connectivity index (χ1v) is 7.60. The van der Waals surface area contributed by atoms with Crippen LogP contribution in [-0.4, -0.2) is 15.0 Å². The van der Waals surface area contributed by atoms with Crippen LogP contribution in [0.4, 0.5) is 0 Å². The first kappa shape index (κ1) is 13.6. The quantitative estimate of drug-likeness (QED) is 0.400. The van der Waals surface area contributed by atoms with E-state index < -0.39 is 0 Å². The summed E-state index contributed by atoms with van der Waals surface area (Å²) in [6, 6.07) is 9.57. The molecule has 0 fully saturated rings. The van der Waals surface area contributed by atoms with Crippen molar-refractivity contribution in [2.24, 2.45) is 0 Å². The van der Waals surface area contributed by atoms with Gasteiger partial charge >= 0.3 is 0 Å². The molecule has 3 rings (SSSR count). The molecule has 0 amide bonds. The fourth-order valence-corrected chi connectivity index (χ4v) is 3.27. The van der Waals surface area contributed by atoms with E-state index in [0.29, 0.717) is 15.9 Å². The first-order chi connectivity index (χ1) is 9.74. The molecule has 6 heteroatoms. The summed E-state index contributed by atoms with van der Waals surface area (Å²) in [4.78, 5) is 12.6. The van der Waals surface area contributed by atoms with Gasteiger partial charge in [-0.1, -0.05) is 41.4 Å². The van der Waals surface area contributed by atoms with Crippen molar-refractivity contribution >= 4 is 45.9 Å². The minimum Gasteiger partial charge on any atom is -0.244 e. The Morgan fingerprint density at radius 2 is 1.90 bits per heavy atom. The van der Waals surface area contributed by atoms with Crippen LogP contribution < -0.4 is 0 Å². The summed E-state index contributed by atoms with van der Waals surface area (Å²) in [5.74, 6) is 0.685. The SMILES string of the molecule is Clc1cc(Cl)c(CSc2ncnc3ccccc23)cn1. The van der Waals surface area contributed by atoms with E-state index in [1.807, 2.05) is 24.3 Å². The molecule has 2 aromatic heterocycles. The molecule has 0 saturated heterocycles. The average Bonchev–Trinajstić information content (AvgIpc) is 2.46. The Labute approximate surface area is 130 Å². The van der Waals surface area contributed by atoms with Gasteiger partial charge in [0.05, 0.1) is 5.52 Å². The Hall–Kier alpha value is -1.36. The second-order valence-corrected chi connectivity index (χ2v) is 5.84. The number of thioether (sulfide) groups is 1. The molecule has 0 aliphatic heterocycles. The smallest absolute Gasteiger partial charge is 0.130 e. The summed E-state index contributed by atoms with van der Waals surface area (Å²) >= 11 is 13.5. The van der Waals surface area contributed by atoms with Crippen LogP contribution in [-0.2, 0) is 5.75 Å². The van der Waals surface area contributed by atoms with Gasteiger partial charge in [0.25, 0.3) is 0 Å². The number of fused-ring (bicyclic) bond motifs is 1. The van der Waals surface area contributed by atoms with Crippen LogP contribution in [0.15, 0.2) is 47.9 Å². The van der Waals surface area contributed by atoms with Gasteiger partial charge in [-0.15, -0.1) is 11.8 Å². The zero-order valence-electron chi connectivity index (χ0n) is 10.3. The predicted octanol–water partition coefficient (Wildman–Crippen LogP) is 4.62. The third kappa shape index (κ3) is 2.87. The van der Waals surface area contributed by atoms with Crippen molar-refractivity contribution in [3.8, 4) is 0 Å². The molecular weight excluding hydrogens is 313 g/mol. The third-order valence-electron chi connectivity index (χ3n) is 2.77. The van der Waals surface area contributed by atoms with E-state index >= 15 is 0 Å². The molecule has 0 N–H and O–H groups in total. The molecule has 0 saturated carbocycles. The molecule has 100 valence electrons. The van der Waals surface area contributed by atoms with Gasteiger partial charge in [-0.05, 0) is 17.7 Å². The van der Waals surface area contributed by atoms with E-state index in [9.17, 15) is 0 Å². The molecule has 0 spiro atoms. The van der Waals surface area contributed by atoms with Crippen LogP contribution in [0.5, 0.6) is 0 Å². The van der Waals surface area contributed by atoms with Crippen molar-refractivity contribution in [2.75, 3.05) is 0 Å². The Balaban J connectivity index is 1.87. The number of rotatable bonds is 3. The summed E-state index contributed by atoms with van der Waals surface area (Å²) in [7, 11) is 0. The highest BCUT2D eigenvalue weighted by atomic mass is 35.5. The molecular formula is C14H9Cl2N3S. The molecule has 0 atom stereocenters. The molecule has 1 aromatic carbocycles. The maximum Gasteiger partial charge on any atom is 0.130 e. The number of para-hydroxylation sites is 1. The van der Waals surface area contributed by atoms with Gasteiger partial charge in [-0.3, -0.25) is 0 Å². The van der Waals surface area contributed by atoms with E-state index in [0.717, 1.165) is 21.5 Å². The lowest BCUT2D eigenvalue weighted by Gasteiger charge is -2.06. The van der Waals surface area contributed by atoms with Crippen LogP contribution in [0.2, 0.25) is 10.2 Å². The first-order valence-electron chi connectivity index (χ1n) is 5.86. The van der Waals surface area contributed by atoms with Crippen molar-refractivity contribution in [2.45, 2.75) is 10.8 Å². The number of nitrogens with zero attached hydrogens (tertiary/aromatic N) is 3. The Morgan fingerprint density at radius 1 is 1.05 bits per heavy atom. The second kappa shape index (κ2) is 5.95. The molecule has 0 bridgehead atoms. The average molecular weight is 322 g/mol. The summed E-state index contributed by atoms with van der Waals surface area (Å²) in [6.07, 6.45) is 3.27. The zero-order chi connectivity index (χ0) is 13.9. The molecule has 3 nitrogen and oxygen atoms in total. The fourth-order valence-electron chi connectivity index (χ4n) is 1.78. The number of benzene rings is 1. The maximum absolute atomic E-state index is 6.14. The van der Waals surface area contributed by atoms with Gasteiger partial charge in [-0.2, -0.15) is 0 Å². The highest BCUT2D eigenvalue weighted by Gasteiger charge is 2.07. The summed E-state index contributed by atoms with van der Waals surface area (Å²) in [6.45, 7) is 0. The maximum atomic E-state index is 6.14. The minimum atomic E-state index is 0.399. The van der Waals surface area contributed by atoms with Crippen LogP contribution in [0.1, 0.15) is 5.56 Å². The molecule has 0 radical (unpaired) electrons. The number of hydrogen-bond donors (Lipinski definition) is 0. The molecule has 3 aromatic rings. The molecule has 0 aliphatic rings. The van der Waals surface area contributed by atoms with Gasteiger partial charge < -0.3 is 0 Å². The number of halogens is 2. The Morgan fingerprint density at radius 3 is 2.75 bits per heavy atom. The van der Waals surface area contributed by atoms with Crippen LogP contribution in [0.25, 0.3) is 10.9 Å². The van der Waals surface area contributed by atoms with Crippen molar-refractivity contribution in [1.82, 2.24) is 15.0 Å². The van der Waals surface area contributed by atoms with Crippen LogP contribution >= 0.6 is 35.0 Å². The highest BCUT2D eigenvalue weighted by Crippen LogP contribution is 2.29. The topological polar surface area (TPSA) is 38.7 Å². The highest BCUT2D eigenvalue weighted by molar-refractivity contribution is 7.98. The summed E-state index contributed by atoms with van der Waals surface area (Å²) in [5, 5.41) is 2.99. The monoisotopic (exact) mass is 321 g/mol. The van der Waals surface area contributed by atoms with E-state index in [2.05, 4.69) is 15.0 Å². The van der Waals surface area contributed by atoms with Crippen molar-refractivity contribution in [3.63, 3.8) is 0 Å². The predicted molar refractivity (Wildman–Crippen MR) is 83.4 cm³/mol. The molecule has 0 aliphatic carbocycles. The normalized spacial score (nSPS) is 10.9.